The Morgan fingerprint density at radius 1 is 1.05 bits per heavy atom. The molecule has 2 rings (SSSR count). The number of carbonyl (C=O) groups excluding carboxylic acids is 1. The van der Waals surface area contributed by atoms with E-state index in [2.05, 4.69) is 15.9 Å². The van der Waals surface area contributed by atoms with Crippen molar-refractivity contribution in [3.05, 3.63) is 58.1 Å². The number of carbonyl (C=O) groups is 1. The molecule has 1 amide bonds. The van der Waals surface area contributed by atoms with E-state index in [1.807, 2.05) is 0 Å². The molecule has 2 N–H and O–H groups in total. The van der Waals surface area contributed by atoms with Gasteiger partial charge in [-0.15, -0.1) is 0 Å². The number of ether oxygens (including phenoxy) is 1. The summed E-state index contributed by atoms with van der Waals surface area (Å²) in [6.07, 6.45) is 0. The molecule has 0 heterocycles. The molecule has 0 atom stereocenters. The molecule has 3 nitrogen and oxygen atoms in total. The summed E-state index contributed by atoms with van der Waals surface area (Å²) in [6, 6.07) is 7.51. The summed E-state index contributed by atoms with van der Waals surface area (Å²) < 4.78 is 32.8. The molecule has 0 saturated heterocycles. The zero-order valence-electron chi connectivity index (χ0n) is 9.49. The van der Waals surface area contributed by atoms with E-state index >= 15 is 0 Å². The largest absolute Gasteiger partial charge is 0.451 e. The fourth-order valence-electron chi connectivity index (χ4n) is 1.41. The van der Waals surface area contributed by atoms with Crippen molar-refractivity contribution in [1.82, 2.24) is 0 Å². The van der Waals surface area contributed by atoms with Crippen molar-refractivity contribution in [2.24, 2.45) is 5.73 Å². The quantitative estimate of drug-likeness (QED) is 0.936. The highest BCUT2D eigenvalue weighted by atomic mass is 79.9. The number of hydrogen-bond acceptors (Lipinski definition) is 2. The van der Waals surface area contributed by atoms with Crippen LogP contribution in [0.4, 0.5) is 8.78 Å². The normalized spacial score (nSPS) is 10.3. The van der Waals surface area contributed by atoms with Crippen LogP contribution in [0.25, 0.3) is 0 Å². The second kappa shape index (κ2) is 5.36. The van der Waals surface area contributed by atoms with Crippen LogP contribution < -0.4 is 10.5 Å². The maximum absolute atomic E-state index is 13.7. The van der Waals surface area contributed by atoms with Crippen LogP contribution in [0.3, 0.4) is 0 Å². The second-order valence-electron chi connectivity index (χ2n) is 3.69. The van der Waals surface area contributed by atoms with Crippen molar-refractivity contribution in [1.29, 1.82) is 0 Å². The Hall–Kier alpha value is -1.95. The van der Waals surface area contributed by atoms with Crippen LogP contribution in [0, 0.1) is 11.6 Å². The molecule has 98 valence electrons. The molecule has 0 aliphatic rings. The molecule has 0 aliphatic carbocycles. The Bertz CT molecular complexity index is 647. The molecule has 0 saturated carbocycles. The lowest BCUT2D eigenvalue weighted by molar-refractivity contribution is 0.1000. The monoisotopic (exact) mass is 327 g/mol. The lowest BCUT2D eigenvalue weighted by atomic mass is 10.2. The predicted molar refractivity (Wildman–Crippen MR) is 69.1 cm³/mol. The summed E-state index contributed by atoms with van der Waals surface area (Å²) in [4.78, 5) is 10.9. The highest BCUT2D eigenvalue weighted by Crippen LogP contribution is 2.29. The van der Waals surface area contributed by atoms with Gasteiger partial charge in [-0.25, -0.2) is 8.78 Å². The minimum absolute atomic E-state index is 0.0135. The van der Waals surface area contributed by atoms with E-state index in [0.29, 0.717) is 4.47 Å². The highest BCUT2D eigenvalue weighted by molar-refractivity contribution is 9.10. The van der Waals surface area contributed by atoms with Gasteiger partial charge in [0.15, 0.2) is 23.1 Å². The van der Waals surface area contributed by atoms with Crippen LogP contribution >= 0.6 is 15.9 Å². The van der Waals surface area contributed by atoms with Crippen LogP contribution in [0.2, 0.25) is 0 Å². The average molecular weight is 328 g/mol. The van der Waals surface area contributed by atoms with Gasteiger partial charge >= 0.3 is 0 Å². The molecular formula is C13H8BrF2NO2. The van der Waals surface area contributed by atoms with Crippen molar-refractivity contribution in [2.75, 3.05) is 0 Å². The van der Waals surface area contributed by atoms with Gasteiger partial charge in [-0.05, 0) is 36.4 Å². The number of primary amides is 1. The summed E-state index contributed by atoms with van der Waals surface area (Å²) in [7, 11) is 0. The van der Waals surface area contributed by atoms with Crippen molar-refractivity contribution >= 4 is 21.8 Å². The van der Waals surface area contributed by atoms with Gasteiger partial charge in [-0.2, -0.15) is 0 Å². The Balaban J connectivity index is 2.33. The SMILES string of the molecule is NC(=O)c1ccc(Oc2cc(Br)ccc2F)c(F)c1. The molecular weight excluding hydrogens is 320 g/mol. The third-order valence-corrected chi connectivity index (χ3v) is 2.82. The molecule has 6 heteroatoms. The number of benzene rings is 2. The number of rotatable bonds is 3. The summed E-state index contributed by atoms with van der Waals surface area (Å²) in [5.41, 5.74) is 5.03. The van der Waals surface area contributed by atoms with E-state index in [-0.39, 0.29) is 17.1 Å². The van der Waals surface area contributed by atoms with Gasteiger partial charge in [-0.3, -0.25) is 4.79 Å². The first kappa shape index (κ1) is 13.5. The molecule has 0 fully saturated rings. The highest BCUT2D eigenvalue weighted by Gasteiger charge is 2.11. The van der Waals surface area contributed by atoms with E-state index in [9.17, 15) is 13.6 Å². The smallest absolute Gasteiger partial charge is 0.248 e. The number of nitrogens with two attached hydrogens (primary N) is 1. The first-order valence-electron chi connectivity index (χ1n) is 5.19. The first-order valence-corrected chi connectivity index (χ1v) is 5.99. The number of amides is 1. The Morgan fingerprint density at radius 2 is 1.79 bits per heavy atom. The third-order valence-electron chi connectivity index (χ3n) is 2.33. The average Bonchev–Trinajstić information content (AvgIpc) is 2.36. The van der Waals surface area contributed by atoms with E-state index in [1.54, 1.807) is 0 Å². The second-order valence-corrected chi connectivity index (χ2v) is 4.60. The van der Waals surface area contributed by atoms with E-state index in [4.69, 9.17) is 10.5 Å². The topological polar surface area (TPSA) is 52.3 Å². The fraction of sp³-hybridized carbons (Fsp3) is 0. The Labute approximate surface area is 116 Å². The Kier molecular flexibility index (Phi) is 3.80. The molecule has 0 radical (unpaired) electrons. The maximum atomic E-state index is 13.7. The lowest BCUT2D eigenvalue weighted by Crippen LogP contribution is -2.11. The van der Waals surface area contributed by atoms with E-state index < -0.39 is 17.5 Å². The molecule has 0 bridgehead atoms. The van der Waals surface area contributed by atoms with Crippen molar-refractivity contribution in [3.63, 3.8) is 0 Å². The van der Waals surface area contributed by atoms with Crippen molar-refractivity contribution in [3.8, 4) is 11.5 Å². The zero-order valence-corrected chi connectivity index (χ0v) is 11.1. The third kappa shape index (κ3) is 3.08. The van der Waals surface area contributed by atoms with Gasteiger partial charge in [-0.1, -0.05) is 15.9 Å². The standard InChI is InChI=1S/C13H8BrF2NO2/c14-8-2-3-9(15)12(6-8)19-11-4-1-7(13(17)18)5-10(11)16/h1-6H,(H2,17,18). The van der Waals surface area contributed by atoms with Crippen molar-refractivity contribution < 1.29 is 18.3 Å². The fourth-order valence-corrected chi connectivity index (χ4v) is 1.75. The predicted octanol–water partition coefficient (Wildman–Crippen LogP) is 3.62. The molecule has 0 unspecified atom stereocenters. The molecule has 2 aromatic carbocycles. The Morgan fingerprint density at radius 3 is 2.42 bits per heavy atom. The molecule has 0 aromatic heterocycles. The minimum Gasteiger partial charge on any atom is -0.451 e. The molecule has 2 aromatic rings. The van der Waals surface area contributed by atoms with Crippen LogP contribution in [0.15, 0.2) is 40.9 Å². The van der Waals surface area contributed by atoms with Gasteiger partial charge in [0, 0.05) is 10.0 Å². The minimum atomic E-state index is -0.796. The van der Waals surface area contributed by atoms with Crippen LogP contribution in [-0.4, -0.2) is 5.91 Å². The van der Waals surface area contributed by atoms with Crippen LogP contribution in [0.5, 0.6) is 11.5 Å². The van der Waals surface area contributed by atoms with Gasteiger partial charge in [0.05, 0.1) is 0 Å². The van der Waals surface area contributed by atoms with Crippen molar-refractivity contribution in [2.45, 2.75) is 0 Å². The summed E-state index contributed by atoms with van der Waals surface area (Å²) >= 11 is 3.16. The maximum Gasteiger partial charge on any atom is 0.248 e. The molecule has 19 heavy (non-hydrogen) atoms. The summed E-state index contributed by atoms with van der Waals surface area (Å²) in [5, 5.41) is 0. The van der Waals surface area contributed by atoms with Gasteiger partial charge in [0.1, 0.15) is 0 Å². The van der Waals surface area contributed by atoms with E-state index in [0.717, 1.165) is 6.07 Å². The van der Waals surface area contributed by atoms with Crippen LogP contribution in [-0.2, 0) is 0 Å². The van der Waals surface area contributed by atoms with Gasteiger partial charge < -0.3 is 10.5 Å². The van der Waals surface area contributed by atoms with E-state index in [1.165, 1.54) is 30.3 Å². The van der Waals surface area contributed by atoms with Gasteiger partial charge in [0.25, 0.3) is 0 Å². The molecule has 0 aliphatic heterocycles. The first-order chi connectivity index (χ1) is 8.97. The summed E-state index contributed by atoms with van der Waals surface area (Å²) in [5.74, 6) is -2.49. The summed E-state index contributed by atoms with van der Waals surface area (Å²) in [6.45, 7) is 0. The number of hydrogen-bond donors (Lipinski definition) is 1. The van der Waals surface area contributed by atoms with Gasteiger partial charge in [0.2, 0.25) is 5.91 Å². The van der Waals surface area contributed by atoms with Crippen LogP contribution in [0.1, 0.15) is 10.4 Å². The lowest BCUT2D eigenvalue weighted by Gasteiger charge is -2.08. The molecule has 0 spiro atoms. The zero-order chi connectivity index (χ0) is 14.0. The number of halogens is 3.